The number of aromatic nitrogens is 2. The van der Waals surface area contributed by atoms with E-state index >= 15 is 0 Å². The van der Waals surface area contributed by atoms with Gasteiger partial charge in [0.15, 0.2) is 0 Å². The van der Waals surface area contributed by atoms with E-state index in [1.54, 1.807) is 0 Å². The molecule has 0 radical (unpaired) electrons. The lowest BCUT2D eigenvalue weighted by molar-refractivity contribution is -0.132. The summed E-state index contributed by atoms with van der Waals surface area (Å²) in [5.41, 5.74) is 2.31. The highest BCUT2D eigenvalue weighted by Gasteiger charge is 2.26. The number of nitrogens with one attached hydrogen (secondary N) is 1. The maximum atomic E-state index is 12.4. The minimum Gasteiger partial charge on any atom is -0.346 e. The summed E-state index contributed by atoms with van der Waals surface area (Å²) in [6.07, 6.45) is 5.44. The number of imidazole rings is 1. The van der Waals surface area contributed by atoms with E-state index in [-0.39, 0.29) is 5.91 Å². The molecule has 0 aliphatic carbocycles. The van der Waals surface area contributed by atoms with E-state index in [1.165, 1.54) is 5.56 Å². The molecular formula is C18H23N3O. The van der Waals surface area contributed by atoms with E-state index in [9.17, 15) is 4.79 Å². The largest absolute Gasteiger partial charge is 0.346 e. The standard InChI is InChI=1S/C18H23N3O/c1-14-12-19-18(20-14)16-8-5-11-21(13-16)17(22)10-9-15-6-3-2-4-7-15/h2-4,6-7,12,16H,5,8-11,13H2,1H3,(H,19,20). The Bertz CT molecular complexity index is 620. The molecule has 1 amide bonds. The van der Waals surface area contributed by atoms with Gasteiger partial charge in [-0.2, -0.15) is 0 Å². The average molecular weight is 297 g/mol. The van der Waals surface area contributed by atoms with E-state index in [0.717, 1.165) is 43.9 Å². The highest BCUT2D eigenvalue weighted by atomic mass is 16.2. The zero-order valence-electron chi connectivity index (χ0n) is 13.1. The monoisotopic (exact) mass is 297 g/mol. The van der Waals surface area contributed by atoms with Crippen LogP contribution >= 0.6 is 0 Å². The molecular weight excluding hydrogens is 274 g/mol. The van der Waals surface area contributed by atoms with Crippen LogP contribution in [0.3, 0.4) is 0 Å². The Morgan fingerprint density at radius 3 is 2.91 bits per heavy atom. The molecule has 4 nitrogen and oxygen atoms in total. The Hall–Kier alpha value is -2.10. The van der Waals surface area contributed by atoms with Gasteiger partial charge < -0.3 is 9.88 Å². The summed E-state index contributed by atoms with van der Waals surface area (Å²) < 4.78 is 0. The predicted molar refractivity (Wildman–Crippen MR) is 86.6 cm³/mol. The second-order valence-electron chi connectivity index (χ2n) is 6.12. The molecule has 1 N–H and O–H groups in total. The Morgan fingerprint density at radius 2 is 2.18 bits per heavy atom. The summed E-state index contributed by atoms with van der Waals surface area (Å²) in [4.78, 5) is 22.2. The molecule has 1 aromatic heterocycles. The molecule has 3 rings (SSSR count). The van der Waals surface area contributed by atoms with Crippen LogP contribution in [0.5, 0.6) is 0 Å². The molecule has 1 saturated heterocycles. The summed E-state index contributed by atoms with van der Waals surface area (Å²) in [5.74, 6) is 1.64. The van der Waals surface area contributed by atoms with Crippen molar-refractivity contribution in [3.8, 4) is 0 Å². The van der Waals surface area contributed by atoms with Gasteiger partial charge in [-0.1, -0.05) is 30.3 Å². The molecule has 2 heterocycles. The first-order valence-electron chi connectivity index (χ1n) is 8.05. The topological polar surface area (TPSA) is 49.0 Å². The van der Waals surface area contributed by atoms with E-state index in [4.69, 9.17) is 0 Å². The fourth-order valence-electron chi connectivity index (χ4n) is 3.12. The third-order valence-corrected chi connectivity index (χ3v) is 4.35. The first-order chi connectivity index (χ1) is 10.7. The SMILES string of the molecule is Cc1cnc(C2CCCN(C(=O)CCc3ccccc3)C2)[nH]1. The Labute approximate surface area is 131 Å². The van der Waals surface area contributed by atoms with Gasteiger partial charge in [-0.05, 0) is 31.7 Å². The fourth-order valence-corrected chi connectivity index (χ4v) is 3.12. The zero-order valence-corrected chi connectivity index (χ0v) is 13.1. The van der Waals surface area contributed by atoms with Crippen LogP contribution in [0, 0.1) is 6.92 Å². The lowest BCUT2D eigenvalue weighted by Gasteiger charge is -2.32. The first-order valence-corrected chi connectivity index (χ1v) is 8.05. The maximum absolute atomic E-state index is 12.4. The molecule has 0 spiro atoms. The number of hydrogen-bond acceptors (Lipinski definition) is 2. The first kappa shape index (κ1) is 14.8. The van der Waals surface area contributed by atoms with Gasteiger partial charge in [-0.25, -0.2) is 4.98 Å². The number of likely N-dealkylation sites (tertiary alicyclic amines) is 1. The molecule has 1 unspecified atom stereocenters. The van der Waals surface area contributed by atoms with Crippen LogP contribution < -0.4 is 0 Å². The van der Waals surface area contributed by atoms with E-state index in [0.29, 0.717) is 12.3 Å². The Balaban J connectivity index is 1.56. The molecule has 1 fully saturated rings. The van der Waals surface area contributed by atoms with Crippen LogP contribution in [0.1, 0.15) is 42.3 Å². The van der Waals surface area contributed by atoms with E-state index in [1.807, 2.05) is 36.2 Å². The van der Waals surface area contributed by atoms with Crippen molar-refractivity contribution in [3.05, 3.63) is 53.6 Å². The summed E-state index contributed by atoms with van der Waals surface area (Å²) in [6.45, 7) is 3.69. The van der Waals surface area contributed by atoms with Crippen molar-refractivity contribution in [1.82, 2.24) is 14.9 Å². The number of aromatic amines is 1. The third-order valence-electron chi connectivity index (χ3n) is 4.35. The normalized spacial score (nSPS) is 18.4. The zero-order chi connectivity index (χ0) is 15.4. The van der Waals surface area contributed by atoms with Crippen LogP contribution in [-0.4, -0.2) is 33.9 Å². The molecule has 2 aromatic rings. The number of hydrogen-bond donors (Lipinski definition) is 1. The van der Waals surface area contributed by atoms with Gasteiger partial charge in [0.1, 0.15) is 5.82 Å². The van der Waals surface area contributed by atoms with E-state index in [2.05, 4.69) is 22.1 Å². The number of piperidine rings is 1. The summed E-state index contributed by atoms with van der Waals surface area (Å²) >= 11 is 0. The van der Waals surface area contributed by atoms with Crippen molar-refractivity contribution in [3.63, 3.8) is 0 Å². The van der Waals surface area contributed by atoms with Gasteiger partial charge in [-0.3, -0.25) is 4.79 Å². The number of H-pyrrole nitrogens is 1. The summed E-state index contributed by atoms with van der Waals surface area (Å²) in [5, 5.41) is 0. The molecule has 1 aliphatic heterocycles. The highest BCUT2D eigenvalue weighted by molar-refractivity contribution is 5.76. The number of carbonyl (C=O) groups excluding carboxylic acids is 1. The maximum Gasteiger partial charge on any atom is 0.222 e. The number of benzene rings is 1. The Kier molecular flexibility index (Phi) is 4.56. The molecule has 116 valence electrons. The lowest BCUT2D eigenvalue weighted by atomic mass is 9.97. The molecule has 1 aromatic carbocycles. The summed E-state index contributed by atoms with van der Waals surface area (Å²) in [7, 11) is 0. The number of amides is 1. The summed E-state index contributed by atoms with van der Waals surface area (Å²) in [6, 6.07) is 10.2. The van der Waals surface area contributed by atoms with Crippen LogP contribution in [0.15, 0.2) is 36.5 Å². The van der Waals surface area contributed by atoms with Crippen molar-refractivity contribution in [2.75, 3.05) is 13.1 Å². The van der Waals surface area contributed by atoms with Gasteiger partial charge in [0.2, 0.25) is 5.91 Å². The van der Waals surface area contributed by atoms with Gasteiger partial charge in [0, 0.05) is 37.3 Å². The smallest absolute Gasteiger partial charge is 0.222 e. The van der Waals surface area contributed by atoms with Crippen molar-refractivity contribution in [2.45, 2.75) is 38.5 Å². The number of aryl methyl sites for hydroxylation is 2. The van der Waals surface area contributed by atoms with Crippen molar-refractivity contribution >= 4 is 5.91 Å². The third kappa shape index (κ3) is 3.56. The molecule has 0 saturated carbocycles. The highest BCUT2D eigenvalue weighted by Crippen LogP contribution is 2.25. The van der Waals surface area contributed by atoms with Gasteiger partial charge in [0.05, 0.1) is 0 Å². The van der Waals surface area contributed by atoms with Gasteiger partial charge in [0.25, 0.3) is 0 Å². The Morgan fingerprint density at radius 1 is 1.36 bits per heavy atom. The van der Waals surface area contributed by atoms with Crippen molar-refractivity contribution < 1.29 is 4.79 Å². The molecule has 4 heteroatoms. The molecule has 1 atom stereocenters. The van der Waals surface area contributed by atoms with Crippen LogP contribution in [0.4, 0.5) is 0 Å². The molecule has 0 bridgehead atoms. The lowest BCUT2D eigenvalue weighted by Crippen LogP contribution is -2.39. The fraction of sp³-hybridized carbons (Fsp3) is 0.444. The average Bonchev–Trinajstić information content (AvgIpc) is 3.00. The number of rotatable bonds is 4. The van der Waals surface area contributed by atoms with E-state index < -0.39 is 0 Å². The van der Waals surface area contributed by atoms with Crippen LogP contribution in [-0.2, 0) is 11.2 Å². The molecule has 22 heavy (non-hydrogen) atoms. The number of carbonyl (C=O) groups is 1. The van der Waals surface area contributed by atoms with Crippen LogP contribution in [0.25, 0.3) is 0 Å². The van der Waals surface area contributed by atoms with Crippen molar-refractivity contribution in [2.24, 2.45) is 0 Å². The predicted octanol–water partition coefficient (Wildman–Crippen LogP) is 3.06. The second kappa shape index (κ2) is 6.77. The minimum atomic E-state index is 0.261. The second-order valence-corrected chi connectivity index (χ2v) is 6.12. The van der Waals surface area contributed by atoms with Gasteiger partial charge >= 0.3 is 0 Å². The van der Waals surface area contributed by atoms with Crippen LogP contribution in [0.2, 0.25) is 0 Å². The quantitative estimate of drug-likeness (QED) is 0.943. The molecule has 1 aliphatic rings. The minimum absolute atomic E-state index is 0.261. The van der Waals surface area contributed by atoms with Gasteiger partial charge in [-0.15, -0.1) is 0 Å². The number of nitrogens with zero attached hydrogens (tertiary/aromatic N) is 2. The van der Waals surface area contributed by atoms with Crippen molar-refractivity contribution in [1.29, 1.82) is 0 Å².